The van der Waals surface area contributed by atoms with Crippen LogP contribution in [0.3, 0.4) is 0 Å². The number of aliphatic hydroxyl groups is 1. The first-order valence-electron chi connectivity index (χ1n) is 17.2. The van der Waals surface area contributed by atoms with E-state index in [0.717, 1.165) is 12.8 Å². The van der Waals surface area contributed by atoms with E-state index in [2.05, 4.69) is 20.4 Å². The fraction of sp³-hybridized carbons (Fsp3) is 0.943. The van der Waals surface area contributed by atoms with E-state index in [1.807, 2.05) is 0 Å². The lowest BCUT2D eigenvalue weighted by atomic mass is 9.89. The minimum absolute atomic E-state index is 0.330. The number of epoxide rings is 1. The molecule has 0 aromatic heterocycles. The summed E-state index contributed by atoms with van der Waals surface area (Å²) in [5, 5.41) is 10.7. The molecule has 2 unspecified atom stereocenters. The summed E-state index contributed by atoms with van der Waals surface area (Å²) in [5.41, 5.74) is -0.330. The molecule has 0 aliphatic carbocycles. The van der Waals surface area contributed by atoms with Crippen molar-refractivity contribution >= 4 is 0 Å². The fourth-order valence-corrected chi connectivity index (χ4v) is 6.12. The number of unbranched alkanes of at least 4 members (excludes halogenated alkanes) is 25. The Hall–Kier alpha value is -0.340. The molecule has 2 heteroatoms. The molecule has 0 bridgehead atoms. The first kappa shape index (κ1) is 34.7. The molecule has 220 valence electrons. The lowest BCUT2D eigenvalue weighted by molar-refractivity contribution is 0.0829. The molecular formula is C35H68O2. The summed E-state index contributed by atoms with van der Waals surface area (Å²) in [6, 6.07) is 0. The second-order valence-corrected chi connectivity index (χ2v) is 12.3. The minimum atomic E-state index is -1.05. The Kier molecular flexibility index (Phi) is 22.1. The van der Waals surface area contributed by atoms with Gasteiger partial charge in [0.2, 0.25) is 5.79 Å². The standard InChI is InChI=1S/C35H68O2/c1-4-7-9-11-13-15-17-19-20-21-23-25-27-29-31-33-34(35(36,6-3)37-34)32-30-28-26-24-22-18-16-14-12-10-8-5-2/h6,36H,3-5,7-33H2,1-2H3. The Morgan fingerprint density at radius 1 is 0.459 bits per heavy atom. The van der Waals surface area contributed by atoms with Gasteiger partial charge in [-0.2, -0.15) is 0 Å². The van der Waals surface area contributed by atoms with E-state index < -0.39 is 5.79 Å². The van der Waals surface area contributed by atoms with E-state index in [1.165, 1.54) is 173 Å². The van der Waals surface area contributed by atoms with Gasteiger partial charge in [-0.3, -0.25) is 0 Å². The molecule has 1 aliphatic rings. The SMILES string of the molecule is C=CC1(O)OC1(CCCCCCCCCCCCCC)CCCCCCCCCCCCCCCCC. The van der Waals surface area contributed by atoms with Crippen LogP contribution >= 0.6 is 0 Å². The maximum atomic E-state index is 10.7. The summed E-state index contributed by atoms with van der Waals surface area (Å²) < 4.78 is 5.90. The maximum Gasteiger partial charge on any atom is 0.215 e. The van der Waals surface area contributed by atoms with Crippen molar-refractivity contribution in [1.82, 2.24) is 0 Å². The molecule has 1 saturated heterocycles. The van der Waals surface area contributed by atoms with Gasteiger partial charge >= 0.3 is 0 Å². The van der Waals surface area contributed by atoms with Gasteiger partial charge in [-0.25, -0.2) is 0 Å². The zero-order chi connectivity index (χ0) is 26.9. The summed E-state index contributed by atoms with van der Waals surface area (Å²) in [6.45, 7) is 8.43. The number of ether oxygens (including phenoxy) is 1. The molecule has 0 spiro atoms. The zero-order valence-corrected chi connectivity index (χ0v) is 25.6. The second-order valence-electron chi connectivity index (χ2n) is 12.3. The van der Waals surface area contributed by atoms with Crippen LogP contribution in [-0.2, 0) is 4.74 Å². The van der Waals surface area contributed by atoms with Crippen molar-refractivity contribution in [2.75, 3.05) is 0 Å². The van der Waals surface area contributed by atoms with E-state index >= 15 is 0 Å². The maximum absolute atomic E-state index is 10.7. The lowest BCUT2D eigenvalue weighted by Crippen LogP contribution is -2.24. The highest BCUT2D eigenvalue weighted by Crippen LogP contribution is 2.53. The molecule has 0 aromatic rings. The van der Waals surface area contributed by atoms with Gasteiger partial charge in [0.25, 0.3) is 0 Å². The summed E-state index contributed by atoms with van der Waals surface area (Å²) in [4.78, 5) is 0. The highest BCUT2D eigenvalue weighted by molar-refractivity contribution is 5.17. The third-order valence-corrected chi connectivity index (χ3v) is 8.86. The summed E-state index contributed by atoms with van der Waals surface area (Å²) in [5.74, 6) is -1.05. The van der Waals surface area contributed by atoms with Crippen molar-refractivity contribution in [3.63, 3.8) is 0 Å². The van der Waals surface area contributed by atoms with Crippen molar-refractivity contribution in [3.8, 4) is 0 Å². The largest absolute Gasteiger partial charge is 0.360 e. The molecule has 2 atom stereocenters. The first-order chi connectivity index (χ1) is 18.1. The quantitative estimate of drug-likeness (QED) is 0.0580. The average molecular weight is 521 g/mol. The van der Waals surface area contributed by atoms with Gasteiger partial charge in [0.05, 0.1) is 0 Å². The van der Waals surface area contributed by atoms with Crippen LogP contribution in [0, 0.1) is 0 Å². The van der Waals surface area contributed by atoms with E-state index in [-0.39, 0.29) is 5.60 Å². The molecule has 2 nitrogen and oxygen atoms in total. The molecule has 1 fully saturated rings. The molecule has 1 N–H and O–H groups in total. The van der Waals surface area contributed by atoms with Crippen LogP contribution < -0.4 is 0 Å². The Morgan fingerprint density at radius 3 is 0.919 bits per heavy atom. The highest BCUT2D eigenvalue weighted by atomic mass is 16.7. The molecule has 0 aromatic carbocycles. The topological polar surface area (TPSA) is 32.8 Å². The molecule has 1 rings (SSSR count). The van der Waals surface area contributed by atoms with Crippen molar-refractivity contribution in [3.05, 3.63) is 12.7 Å². The summed E-state index contributed by atoms with van der Waals surface area (Å²) >= 11 is 0. The van der Waals surface area contributed by atoms with Crippen LogP contribution in [0.2, 0.25) is 0 Å². The Morgan fingerprint density at radius 2 is 0.703 bits per heavy atom. The van der Waals surface area contributed by atoms with Crippen molar-refractivity contribution in [2.24, 2.45) is 0 Å². The van der Waals surface area contributed by atoms with Crippen LogP contribution in [-0.4, -0.2) is 16.5 Å². The van der Waals surface area contributed by atoms with Gasteiger partial charge in [0.15, 0.2) is 0 Å². The number of hydrogen-bond acceptors (Lipinski definition) is 2. The minimum Gasteiger partial charge on any atom is -0.360 e. The average Bonchev–Trinajstić information content (AvgIpc) is 3.50. The van der Waals surface area contributed by atoms with Crippen molar-refractivity contribution in [1.29, 1.82) is 0 Å². The lowest BCUT2D eigenvalue weighted by Gasteiger charge is -2.14. The predicted octanol–water partition coefficient (Wildman–Crippen LogP) is 12.0. The van der Waals surface area contributed by atoms with Crippen LogP contribution in [0.15, 0.2) is 12.7 Å². The normalized spacial score (nSPS) is 20.9. The molecule has 0 amide bonds. The van der Waals surface area contributed by atoms with Crippen molar-refractivity contribution in [2.45, 2.75) is 211 Å². The third-order valence-electron chi connectivity index (χ3n) is 8.86. The number of hydrogen-bond donors (Lipinski definition) is 1. The van der Waals surface area contributed by atoms with Gasteiger partial charge in [-0.15, -0.1) is 0 Å². The monoisotopic (exact) mass is 521 g/mol. The third kappa shape index (κ3) is 17.1. The second kappa shape index (κ2) is 23.5. The molecule has 1 heterocycles. The van der Waals surface area contributed by atoms with E-state index in [4.69, 9.17) is 4.74 Å². The molecule has 37 heavy (non-hydrogen) atoms. The Bertz CT molecular complexity index is 503. The summed E-state index contributed by atoms with van der Waals surface area (Å²) in [7, 11) is 0. The highest BCUT2D eigenvalue weighted by Gasteiger charge is 2.66. The molecule has 0 radical (unpaired) electrons. The van der Waals surface area contributed by atoms with Crippen molar-refractivity contribution < 1.29 is 9.84 Å². The Balaban J connectivity index is 1.95. The number of rotatable bonds is 30. The van der Waals surface area contributed by atoms with Crippen LogP contribution in [0.1, 0.15) is 200 Å². The molecular weight excluding hydrogens is 452 g/mol. The van der Waals surface area contributed by atoms with Gasteiger partial charge in [0, 0.05) is 0 Å². The molecule has 1 aliphatic heterocycles. The van der Waals surface area contributed by atoms with Crippen LogP contribution in [0.4, 0.5) is 0 Å². The summed E-state index contributed by atoms with van der Waals surface area (Å²) in [6.07, 6.45) is 40.9. The Labute approximate surface area is 233 Å². The van der Waals surface area contributed by atoms with E-state index in [0.29, 0.717) is 0 Å². The van der Waals surface area contributed by atoms with E-state index in [1.54, 1.807) is 6.08 Å². The van der Waals surface area contributed by atoms with E-state index in [9.17, 15) is 5.11 Å². The first-order valence-corrected chi connectivity index (χ1v) is 17.2. The fourth-order valence-electron chi connectivity index (χ4n) is 6.12. The zero-order valence-electron chi connectivity index (χ0n) is 25.6. The molecule has 0 saturated carbocycles. The smallest absolute Gasteiger partial charge is 0.215 e. The predicted molar refractivity (Wildman–Crippen MR) is 164 cm³/mol. The van der Waals surface area contributed by atoms with Gasteiger partial charge < -0.3 is 9.84 Å². The van der Waals surface area contributed by atoms with Gasteiger partial charge in [-0.1, -0.05) is 194 Å². The van der Waals surface area contributed by atoms with Gasteiger partial charge in [0.1, 0.15) is 5.60 Å². The van der Waals surface area contributed by atoms with Gasteiger partial charge in [-0.05, 0) is 18.9 Å². The van der Waals surface area contributed by atoms with Crippen LogP contribution in [0.25, 0.3) is 0 Å². The van der Waals surface area contributed by atoms with Crippen LogP contribution in [0.5, 0.6) is 0 Å².